The second-order valence-corrected chi connectivity index (χ2v) is 6.80. The number of nitrogens with zero attached hydrogens (tertiary/aromatic N) is 1. The van der Waals surface area contributed by atoms with Gasteiger partial charge in [0.1, 0.15) is 0 Å². The molecule has 1 N–H and O–H groups in total. The molecule has 2 aromatic carbocycles. The third-order valence-corrected chi connectivity index (χ3v) is 5.04. The van der Waals surface area contributed by atoms with Gasteiger partial charge in [0.05, 0.1) is 0 Å². The van der Waals surface area contributed by atoms with Crippen LogP contribution >= 0.6 is 0 Å². The number of aromatic amines is 1. The molecule has 0 radical (unpaired) electrons. The van der Waals surface area contributed by atoms with E-state index in [0.717, 1.165) is 6.54 Å². The summed E-state index contributed by atoms with van der Waals surface area (Å²) >= 11 is 0. The molecule has 1 aromatic heterocycles. The first-order chi connectivity index (χ1) is 11.3. The van der Waals surface area contributed by atoms with E-state index in [1.165, 1.54) is 53.4 Å². The van der Waals surface area contributed by atoms with Crippen LogP contribution in [-0.2, 0) is 6.54 Å². The Morgan fingerprint density at radius 3 is 2.96 bits per heavy atom. The fraction of sp³-hybridized carbons (Fsp3) is 0.333. The van der Waals surface area contributed by atoms with Gasteiger partial charge in [0, 0.05) is 24.3 Å². The molecular formula is C21H24N2. The number of hydrogen-bond donors (Lipinski definition) is 1. The zero-order valence-corrected chi connectivity index (χ0v) is 13.8. The molecule has 23 heavy (non-hydrogen) atoms. The van der Waals surface area contributed by atoms with Gasteiger partial charge in [-0.2, -0.15) is 0 Å². The van der Waals surface area contributed by atoms with Gasteiger partial charge < -0.3 is 4.98 Å². The van der Waals surface area contributed by atoms with Crippen molar-refractivity contribution in [2.75, 3.05) is 6.54 Å². The lowest BCUT2D eigenvalue weighted by molar-refractivity contribution is 0.140. The third kappa shape index (κ3) is 3.04. The summed E-state index contributed by atoms with van der Waals surface area (Å²) in [4.78, 5) is 5.95. The Labute approximate surface area is 138 Å². The summed E-state index contributed by atoms with van der Waals surface area (Å²) in [6.45, 7) is 4.43. The number of likely N-dealkylation sites (tertiary alicyclic amines) is 1. The highest BCUT2D eigenvalue weighted by Crippen LogP contribution is 2.33. The maximum absolute atomic E-state index is 3.29. The summed E-state index contributed by atoms with van der Waals surface area (Å²) < 4.78 is 0. The largest absolute Gasteiger partial charge is 0.361 e. The molecule has 1 aliphatic heterocycles. The Hall–Kier alpha value is -2.06. The summed E-state index contributed by atoms with van der Waals surface area (Å²) in [5, 5.41) is 1.32. The van der Waals surface area contributed by atoms with Crippen molar-refractivity contribution in [1.29, 1.82) is 0 Å². The number of aromatic nitrogens is 1. The minimum atomic E-state index is 0.545. The zero-order valence-electron chi connectivity index (χ0n) is 13.8. The van der Waals surface area contributed by atoms with E-state index < -0.39 is 0 Å². The van der Waals surface area contributed by atoms with E-state index in [4.69, 9.17) is 0 Å². The number of H-pyrrole nitrogens is 1. The first-order valence-electron chi connectivity index (χ1n) is 8.66. The maximum Gasteiger partial charge on any atom is 0.0454 e. The lowest BCUT2D eigenvalue weighted by atomic mass is 9.94. The van der Waals surface area contributed by atoms with Crippen molar-refractivity contribution in [1.82, 2.24) is 9.88 Å². The van der Waals surface area contributed by atoms with Crippen LogP contribution in [0.3, 0.4) is 0 Å². The van der Waals surface area contributed by atoms with Gasteiger partial charge in [0.15, 0.2) is 0 Å². The highest BCUT2D eigenvalue weighted by atomic mass is 15.2. The van der Waals surface area contributed by atoms with Crippen LogP contribution in [0.5, 0.6) is 0 Å². The lowest BCUT2D eigenvalue weighted by Crippen LogP contribution is -2.32. The van der Waals surface area contributed by atoms with Crippen LogP contribution in [0.1, 0.15) is 42.0 Å². The molecule has 3 aromatic rings. The normalized spacial score (nSPS) is 19.3. The summed E-state index contributed by atoms with van der Waals surface area (Å²) in [5.41, 5.74) is 5.48. The van der Waals surface area contributed by atoms with E-state index in [1.807, 2.05) is 6.20 Å². The van der Waals surface area contributed by atoms with E-state index in [9.17, 15) is 0 Å². The average molecular weight is 304 g/mol. The molecular weight excluding hydrogens is 280 g/mol. The molecule has 1 aliphatic rings. The second kappa shape index (κ2) is 6.21. The molecule has 0 amide bonds. The predicted molar refractivity (Wildman–Crippen MR) is 96.5 cm³/mol. The number of benzene rings is 2. The summed E-state index contributed by atoms with van der Waals surface area (Å²) in [5.74, 6) is 0. The van der Waals surface area contributed by atoms with Crippen LogP contribution in [0.25, 0.3) is 10.9 Å². The van der Waals surface area contributed by atoms with Crippen LogP contribution in [0.2, 0.25) is 0 Å². The minimum Gasteiger partial charge on any atom is -0.361 e. The fourth-order valence-corrected chi connectivity index (χ4v) is 3.88. The van der Waals surface area contributed by atoms with E-state index in [0.29, 0.717) is 6.04 Å². The third-order valence-electron chi connectivity index (χ3n) is 5.04. The van der Waals surface area contributed by atoms with Crippen LogP contribution in [-0.4, -0.2) is 16.4 Å². The average Bonchev–Trinajstić information content (AvgIpc) is 3.03. The smallest absolute Gasteiger partial charge is 0.0454 e. The summed E-state index contributed by atoms with van der Waals surface area (Å²) in [6.07, 6.45) is 5.94. The van der Waals surface area contributed by atoms with Gasteiger partial charge in [-0.15, -0.1) is 0 Å². The van der Waals surface area contributed by atoms with Crippen molar-refractivity contribution in [3.63, 3.8) is 0 Å². The van der Waals surface area contributed by atoms with Crippen molar-refractivity contribution < 1.29 is 0 Å². The molecule has 1 atom stereocenters. The molecule has 0 bridgehead atoms. The maximum atomic E-state index is 3.29. The highest BCUT2D eigenvalue weighted by Gasteiger charge is 2.24. The van der Waals surface area contributed by atoms with E-state index in [2.05, 4.69) is 65.3 Å². The number of aryl methyl sites for hydroxylation is 1. The standard InChI is InChI=1S/C21H24N2/c1-16-5-4-6-17(13-16)15-23-12-3-2-7-21(23)19-8-9-20-18(14-19)10-11-22-20/h4-6,8-11,13-14,21-22H,2-3,7,12,15H2,1H3. The van der Waals surface area contributed by atoms with Gasteiger partial charge in [0.2, 0.25) is 0 Å². The molecule has 1 unspecified atom stereocenters. The second-order valence-electron chi connectivity index (χ2n) is 6.80. The zero-order chi connectivity index (χ0) is 15.6. The lowest BCUT2D eigenvalue weighted by Gasteiger charge is -2.36. The van der Waals surface area contributed by atoms with Crippen LogP contribution < -0.4 is 0 Å². The van der Waals surface area contributed by atoms with Crippen LogP contribution in [0.15, 0.2) is 54.7 Å². The molecule has 4 rings (SSSR count). The summed E-state index contributed by atoms with van der Waals surface area (Å²) in [6, 6.07) is 18.5. The predicted octanol–water partition coefficient (Wildman–Crippen LogP) is 5.20. The minimum absolute atomic E-state index is 0.545. The Morgan fingerprint density at radius 2 is 2.04 bits per heavy atom. The first-order valence-corrected chi connectivity index (χ1v) is 8.66. The molecule has 2 nitrogen and oxygen atoms in total. The molecule has 118 valence electrons. The summed E-state index contributed by atoms with van der Waals surface area (Å²) in [7, 11) is 0. The SMILES string of the molecule is Cc1cccc(CN2CCCCC2c2ccc3[nH]ccc3c2)c1. The van der Waals surface area contributed by atoms with Crippen molar-refractivity contribution in [2.45, 2.75) is 38.8 Å². The van der Waals surface area contributed by atoms with Crippen molar-refractivity contribution in [3.8, 4) is 0 Å². The topological polar surface area (TPSA) is 19.0 Å². The van der Waals surface area contributed by atoms with E-state index in [1.54, 1.807) is 0 Å². The first kappa shape index (κ1) is 14.5. The number of rotatable bonds is 3. The Balaban J connectivity index is 1.61. The number of nitrogens with one attached hydrogen (secondary N) is 1. The van der Waals surface area contributed by atoms with Gasteiger partial charge in [-0.1, -0.05) is 42.3 Å². The Morgan fingerprint density at radius 1 is 1.09 bits per heavy atom. The van der Waals surface area contributed by atoms with Gasteiger partial charge >= 0.3 is 0 Å². The van der Waals surface area contributed by atoms with Gasteiger partial charge in [-0.3, -0.25) is 4.90 Å². The van der Waals surface area contributed by atoms with E-state index in [-0.39, 0.29) is 0 Å². The van der Waals surface area contributed by atoms with Gasteiger partial charge in [-0.25, -0.2) is 0 Å². The van der Waals surface area contributed by atoms with Gasteiger partial charge in [0.25, 0.3) is 0 Å². The molecule has 0 spiro atoms. The quantitative estimate of drug-likeness (QED) is 0.704. The molecule has 0 saturated carbocycles. The number of piperidine rings is 1. The monoisotopic (exact) mass is 304 g/mol. The van der Waals surface area contributed by atoms with Crippen LogP contribution in [0.4, 0.5) is 0 Å². The van der Waals surface area contributed by atoms with Crippen molar-refractivity contribution in [2.24, 2.45) is 0 Å². The van der Waals surface area contributed by atoms with Crippen molar-refractivity contribution in [3.05, 3.63) is 71.4 Å². The van der Waals surface area contributed by atoms with Crippen LogP contribution in [0, 0.1) is 6.92 Å². The van der Waals surface area contributed by atoms with Crippen molar-refractivity contribution >= 4 is 10.9 Å². The molecule has 1 fully saturated rings. The van der Waals surface area contributed by atoms with Gasteiger partial charge in [-0.05, 0) is 61.0 Å². The Kier molecular flexibility index (Phi) is 3.92. The fourth-order valence-electron chi connectivity index (χ4n) is 3.88. The number of fused-ring (bicyclic) bond motifs is 1. The van der Waals surface area contributed by atoms with E-state index >= 15 is 0 Å². The molecule has 0 aliphatic carbocycles. The number of hydrogen-bond acceptors (Lipinski definition) is 1. The Bertz CT molecular complexity index is 802. The molecule has 2 heteroatoms. The highest BCUT2D eigenvalue weighted by molar-refractivity contribution is 5.80. The molecule has 1 saturated heterocycles. The molecule has 2 heterocycles.